The minimum Gasteiger partial charge on any atom is -0.353 e. The fraction of sp³-hybridized carbons (Fsp3) is 0.917. The highest BCUT2D eigenvalue weighted by Crippen LogP contribution is 2.24. The Morgan fingerprint density at radius 1 is 1.17 bits per heavy atom. The molecule has 4 nitrogen and oxygen atoms in total. The Morgan fingerprint density at radius 3 is 2.28 bits per heavy atom. The topological polar surface area (TPSA) is 58.4 Å². The Kier molecular flexibility index (Phi) is 8.19. The van der Waals surface area contributed by atoms with Crippen molar-refractivity contribution >= 4 is 30.7 Å². The first kappa shape index (κ1) is 18.0. The Morgan fingerprint density at radius 2 is 1.78 bits per heavy atom. The first-order valence-electron chi connectivity index (χ1n) is 6.39. The van der Waals surface area contributed by atoms with Crippen molar-refractivity contribution in [1.29, 1.82) is 0 Å². The molecular weight excluding hydrogens is 273 g/mol. The Labute approximate surface area is 122 Å². The Balaban J connectivity index is 0.00000144. The highest BCUT2D eigenvalue weighted by atomic mass is 35.5. The second kappa shape index (κ2) is 8.20. The van der Waals surface area contributed by atoms with Gasteiger partial charge in [-0.25, -0.2) is 0 Å². The lowest BCUT2D eigenvalue weighted by atomic mass is 10.0. The quantitative estimate of drug-likeness (QED) is 0.804. The van der Waals surface area contributed by atoms with E-state index in [1.807, 2.05) is 0 Å². The van der Waals surface area contributed by atoms with Crippen LogP contribution in [0.2, 0.25) is 0 Å². The third-order valence-corrected chi connectivity index (χ3v) is 3.91. The van der Waals surface area contributed by atoms with E-state index >= 15 is 0 Å². The van der Waals surface area contributed by atoms with Crippen LogP contribution in [-0.4, -0.2) is 43.0 Å². The summed E-state index contributed by atoms with van der Waals surface area (Å²) in [7, 11) is 2.13. The van der Waals surface area contributed by atoms with Crippen molar-refractivity contribution in [3.63, 3.8) is 0 Å². The molecule has 1 aliphatic carbocycles. The smallest absolute Gasteiger partial charge is 0.223 e. The van der Waals surface area contributed by atoms with E-state index in [9.17, 15) is 4.79 Å². The summed E-state index contributed by atoms with van der Waals surface area (Å²) in [4.78, 5) is 14.3. The average Bonchev–Trinajstić information content (AvgIpc) is 2.68. The zero-order chi connectivity index (χ0) is 11.5. The molecule has 2 unspecified atom stereocenters. The minimum atomic E-state index is 0. The van der Waals surface area contributed by atoms with Gasteiger partial charge in [0.15, 0.2) is 0 Å². The molecule has 0 radical (unpaired) electrons. The highest BCUT2D eigenvalue weighted by molar-refractivity contribution is 5.85. The van der Waals surface area contributed by atoms with Crippen LogP contribution in [0, 0.1) is 5.92 Å². The molecule has 0 spiro atoms. The number of nitrogens with one attached hydrogen (secondary N) is 1. The second-order valence-corrected chi connectivity index (χ2v) is 5.36. The number of nitrogens with two attached hydrogens (primary N) is 1. The third-order valence-electron chi connectivity index (χ3n) is 3.91. The molecule has 0 aromatic heterocycles. The Bertz CT molecular complexity index is 258. The van der Waals surface area contributed by atoms with Crippen molar-refractivity contribution in [3.05, 3.63) is 0 Å². The third kappa shape index (κ3) is 4.92. The fourth-order valence-corrected chi connectivity index (χ4v) is 2.73. The lowest BCUT2D eigenvalue weighted by molar-refractivity contribution is -0.125. The van der Waals surface area contributed by atoms with Gasteiger partial charge >= 0.3 is 0 Å². The molecule has 1 aliphatic heterocycles. The van der Waals surface area contributed by atoms with Gasteiger partial charge in [0, 0.05) is 18.0 Å². The van der Waals surface area contributed by atoms with Gasteiger partial charge in [0.05, 0.1) is 0 Å². The summed E-state index contributed by atoms with van der Waals surface area (Å²) in [5, 5.41) is 3.18. The number of rotatable bonds is 2. The number of hydrogen-bond acceptors (Lipinski definition) is 3. The number of hydrogen-bond donors (Lipinski definition) is 2. The zero-order valence-corrected chi connectivity index (χ0v) is 12.6. The van der Waals surface area contributed by atoms with Gasteiger partial charge in [-0.15, -0.1) is 24.8 Å². The van der Waals surface area contributed by atoms with Crippen LogP contribution in [0.3, 0.4) is 0 Å². The highest BCUT2D eigenvalue weighted by Gasteiger charge is 2.29. The second-order valence-electron chi connectivity index (χ2n) is 5.36. The van der Waals surface area contributed by atoms with E-state index in [0.29, 0.717) is 6.04 Å². The summed E-state index contributed by atoms with van der Waals surface area (Å²) in [6.07, 6.45) is 5.02. The summed E-state index contributed by atoms with van der Waals surface area (Å²) in [6.45, 7) is 2.18. The first-order chi connectivity index (χ1) is 7.65. The van der Waals surface area contributed by atoms with E-state index in [2.05, 4.69) is 17.3 Å². The van der Waals surface area contributed by atoms with Gasteiger partial charge in [-0.3, -0.25) is 4.79 Å². The van der Waals surface area contributed by atoms with Crippen LogP contribution in [0.25, 0.3) is 0 Å². The number of carbonyl (C=O) groups is 1. The van der Waals surface area contributed by atoms with Gasteiger partial charge < -0.3 is 16.0 Å². The molecule has 2 aliphatic rings. The zero-order valence-electron chi connectivity index (χ0n) is 10.9. The van der Waals surface area contributed by atoms with E-state index in [1.54, 1.807) is 0 Å². The molecule has 108 valence electrons. The fourth-order valence-electron chi connectivity index (χ4n) is 2.73. The summed E-state index contributed by atoms with van der Waals surface area (Å²) in [5.41, 5.74) is 5.83. The van der Waals surface area contributed by atoms with E-state index < -0.39 is 0 Å². The van der Waals surface area contributed by atoms with E-state index in [1.165, 1.54) is 0 Å². The number of likely N-dealkylation sites (tertiary alicyclic amines) is 1. The SMILES string of the molecule is CN1CCC(NC(=O)C2CCC(N)C2)CC1.Cl.Cl. The summed E-state index contributed by atoms with van der Waals surface area (Å²) in [5.74, 6) is 0.414. The minimum absolute atomic E-state index is 0. The van der Waals surface area contributed by atoms with Crippen molar-refractivity contribution in [2.24, 2.45) is 11.7 Å². The maximum atomic E-state index is 12.0. The van der Waals surface area contributed by atoms with Gasteiger partial charge in [-0.1, -0.05) is 0 Å². The number of amides is 1. The van der Waals surface area contributed by atoms with Crippen molar-refractivity contribution in [1.82, 2.24) is 10.2 Å². The predicted molar refractivity (Wildman–Crippen MR) is 78.5 cm³/mol. The normalized spacial score (nSPS) is 29.2. The van der Waals surface area contributed by atoms with Gasteiger partial charge in [-0.2, -0.15) is 0 Å². The van der Waals surface area contributed by atoms with E-state index in [-0.39, 0.29) is 42.7 Å². The average molecular weight is 298 g/mol. The number of nitrogens with zero attached hydrogens (tertiary/aromatic N) is 1. The lowest BCUT2D eigenvalue weighted by Gasteiger charge is -2.30. The predicted octanol–water partition coefficient (Wildman–Crippen LogP) is 1.17. The van der Waals surface area contributed by atoms with Crippen LogP contribution < -0.4 is 11.1 Å². The molecule has 1 saturated heterocycles. The molecule has 0 bridgehead atoms. The van der Waals surface area contributed by atoms with Crippen molar-refractivity contribution < 1.29 is 4.79 Å². The molecule has 6 heteroatoms. The van der Waals surface area contributed by atoms with Crippen LogP contribution in [0.5, 0.6) is 0 Å². The molecule has 1 heterocycles. The van der Waals surface area contributed by atoms with Gasteiger partial charge in [0.2, 0.25) is 5.91 Å². The molecule has 0 aromatic rings. The molecule has 2 fully saturated rings. The molecular formula is C12H25Cl2N3O. The summed E-state index contributed by atoms with van der Waals surface area (Å²) >= 11 is 0. The maximum Gasteiger partial charge on any atom is 0.223 e. The number of halogens is 2. The van der Waals surface area contributed by atoms with Crippen molar-refractivity contribution in [2.75, 3.05) is 20.1 Å². The van der Waals surface area contributed by atoms with Gasteiger partial charge in [-0.05, 0) is 52.2 Å². The van der Waals surface area contributed by atoms with Gasteiger partial charge in [0.1, 0.15) is 0 Å². The van der Waals surface area contributed by atoms with Crippen LogP contribution in [0.1, 0.15) is 32.1 Å². The first-order valence-corrected chi connectivity index (χ1v) is 6.39. The maximum absolute atomic E-state index is 12.0. The molecule has 1 saturated carbocycles. The molecule has 0 aromatic carbocycles. The molecule has 2 atom stereocenters. The van der Waals surface area contributed by atoms with E-state index in [0.717, 1.165) is 45.2 Å². The Hall–Kier alpha value is -0.0300. The van der Waals surface area contributed by atoms with Crippen molar-refractivity contribution in [2.45, 2.75) is 44.2 Å². The largest absolute Gasteiger partial charge is 0.353 e. The van der Waals surface area contributed by atoms with Gasteiger partial charge in [0.25, 0.3) is 0 Å². The van der Waals surface area contributed by atoms with Crippen LogP contribution >= 0.6 is 24.8 Å². The van der Waals surface area contributed by atoms with Crippen LogP contribution in [0.15, 0.2) is 0 Å². The van der Waals surface area contributed by atoms with Crippen LogP contribution in [-0.2, 0) is 4.79 Å². The lowest BCUT2D eigenvalue weighted by Crippen LogP contribution is -2.45. The number of carbonyl (C=O) groups excluding carboxylic acids is 1. The van der Waals surface area contributed by atoms with E-state index in [4.69, 9.17) is 5.73 Å². The molecule has 3 N–H and O–H groups in total. The summed E-state index contributed by atoms with van der Waals surface area (Å²) in [6, 6.07) is 0.633. The molecule has 2 rings (SSSR count). The molecule has 18 heavy (non-hydrogen) atoms. The molecule has 1 amide bonds. The van der Waals surface area contributed by atoms with Crippen molar-refractivity contribution in [3.8, 4) is 0 Å². The van der Waals surface area contributed by atoms with Crippen LogP contribution in [0.4, 0.5) is 0 Å². The summed E-state index contributed by atoms with van der Waals surface area (Å²) < 4.78 is 0. The number of piperidine rings is 1. The monoisotopic (exact) mass is 297 g/mol. The standard InChI is InChI=1S/C12H23N3O.2ClH/c1-15-6-4-11(5-7-15)14-12(16)9-2-3-10(13)8-9;;/h9-11H,2-8,13H2,1H3,(H,14,16);2*1H.